The van der Waals surface area contributed by atoms with Crippen molar-refractivity contribution in [3.8, 4) is 0 Å². The van der Waals surface area contributed by atoms with E-state index in [0.717, 1.165) is 5.52 Å². The van der Waals surface area contributed by atoms with Crippen molar-refractivity contribution in [1.29, 1.82) is 0 Å². The molecule has 6 heteroatoms. The van der Waals surface area contributed by atoms with Crippen molar-refractivity contribution in [3.05, 3.63) is 40.2 Å². The van der Waals surface area contributed by atoms with Gasteiger partial charge in [0, 0.05) is 18.1 Å². The highest BCUT2D eigenvalue weighted by Gasteiger charge is 2.17. The molecule has 0 saturated heterocycles. The highest BCUT2D eigenvalue weighted by Crippen LogP contribution is 2.19. The summed E-state index contributed by atoms with van der Waals surface area (Å²) in [4.78, 5) is 24.4. The van der Waals surface area contributed by atoms with Gasteiger partial charge in [0.1, 0.15) is 6.54 Å². The first-order chi connectivity index (χ1) is 10.5. The van der Waals surface area contributed by atoms with Gasteiger partial charge in [0.25, 0.3) is 0 Å². The quantitative estimate of drug-likeness (QED) is 0.691. The molecular formula is C16H17N3O3. The number of esters is 1. The molecule has 3 rings (SSSR count). The zero-order valence-corrected chi connectivity index (χ0v) is 12.8. The molecular weight excluding hydrogens is 282 g/mol. The number of carbonyl (C=O) groups is 1. The summed E-state index contributed by atoms with van der Waals surface area (Å²) in [5.74, 6) is -0.363. The molecule has 0 spiro atoms. The number of hydrogen-bond donors (Lipinski definition) is 0. The van der Waals surface area contributed by atoms with E-state index >= 15 is 0 Å². The summed E-state index contributed by atoms with van der Waals surface area (Å²) in [5.41, 5.74) is 2.01. The molecule has 0 aliphatic carbocycles. The van der Waals surface area contributed by atoms with Crippen LogP contribution < -0.4 is 5.43 Å². The summed E-state index contributed by atoms with van der Waals surface area (Å²) in [6, 6.07) is 7.42. The van der Waals surface area contributed by atoms with Crippen LogP contribution in [0.3, 0.4) is 0 Å². The fourth-order valence-corrected chi connectivity index (χ4v) is 2.72. The maximum atomic E-state index is 12.7. The van der Waals surface area contributed by atoms with Gasteiger partial charge in [0.15, 0.2) is 5.65 Å². The molecule has 0 amide bonds. The van der Waals surface area contributed by atoms with Gasteiger partial charge < -0.3 is 9.30 Å². The highest BCUT2D eigenvalue weighted by molar-refractivity contribution is 5.93. The summed E-state index contributed by atoms with van der Waals surface area (Å²) in [6.45, 7) is 3.88. The first-order valence-electron chi connectivity index (χ1n) is 7.15. The van der Waals surface area contributed by atoms with Crippen molar-refractivity contribution in [2.24, 2.45) is 7.05 Å². The van der Waals surface area contributed by atoms with E-state index in [1.165, 1.54) is 4.68 Å². The number of ether oxygens (including phenoxy) is 1. The Hall–Kier alpha value is -2.63. The van der Waals surface area contributed by atoms with Crippen LogP contribution in [0.5, 0.6) is 0 Å². The standard InChI is InChI=1S/C16H17N3O3/c1-4-22-13(20)9-19-10(2)14-15(21)11-7-5-6-8-12(11)18(3)16(14)17-19/h5-8H,4,9H2,1-3H3. The largest absolute Gasteiger partial charge is 0.465 e. The number of pyridine rings is 1. The molecule has 0 radical (unpaired) electrons. The second-order valence-electron chi connectivity index (χ2n) is 5.15. The minimum Gasteiger partial charge on any atom is -0.465 e. The van der Waals surface area contributed by atoms with E-state index in [1.54, 1.807) is 19.9 Å². The summed E-state index contributed by atoms with van der Waals surface area (Å²) in [7, 11) is 1.87. The second kappa shape index (κ2) is 5.29. The van der Waals surface area contributed by atoms with E-state index in [1.807, 2.05) is 29.8 Å². The topological polar surface area (TPSA) is 66.1 Å². The molecule has 1 aromatic carbocycles. The van der Waals surface area contributed by atoms with Crippen LogP contribution in [0.25, 0.3) is 21.9 Å². The molecule has 0 N–H and O–H groups in total. The molecule has 0 bridgehead atoms. The van der Waals surface area contributed by atoms with E-state index in [-0.39, 0.29) is 17.9 Å². The van der Waals surface area contributed by atoms with Gasteiger partial charge in [-0.15, -0.1) is 0 Å². The molecule has 0 saturated carbocycles. The van der Waals surface area contributed by atoms with Crippen molar-refractivity contribution in [3.63, 3.8) is 0 Å². The molecule has 114 valence electrons. The molecule has 0 atom stereocenters. The highest BCUT2D eigenvalue weighted by atomic mass is 16.5. The number of nitrogens with zero attached hydrogens (tertiary/aromatic N) is 3. The summed E-state index contributed by atoms with van der Waals surface area (Å²) >= 11 is 0. The van der Waals surface area contributed by atoms with Crippen LogP contribution in [0.1, 0.15) is 12.6 Å². The Morgan fingerprint density at radius 1 is 1.32 bits per heavy atom. The molecule has 0 fully saturated rings. The maximum absolute atomic E-state index is 12.7. The predicted octanol–water partition coefficient (Wildman–Crippen LogP) is 1.76. The predicted molar refractivity (Wildman–Crippen MR) is 83.9 cm³/mol. The Bertz CT molecular complexity index is 937. The number of aromatic nitrogens is 3. The van der Waals surface area contributed by atoms with Crippen LogP contribution >= 0.6 is 0 Å². The van der Waals surface area contributed by atoms with Crippen molar-refractivity contribution < 1.29 is 9.53 Å². The van der Waals surface area contributed by atoms with Crippen molar-refractivity contribution in [2.45, 2.75) is 20.4 Å². The Labute approximate surface area is 126 Å². The van der Waals surface area contributed by atoms with Gasteiger partial charge in [-0.3, -0.25) is 14.3 Å². The fraction of sp³-hybridized carbons (Fsp3) is 0.312. The van der Waals surface area contributed by atoms with E-state index < -0.39 is 0 Å². The third-order valence-corrected chi connectivity index (χ3v) is 3.83. The molecule has 0 aliphatic rings. The van der Waals surface area contributed by atoms with E-state index in [9.17, 15) is 9.59 Å². The lowest BCUT2D eigenvalue weighted by Crippen LogP contribution is -2.15. The second-order valence-corrected chi connectivity index (χ2v) is 5.15. The molecule has 3 aromatic rings. The molecule has 6 nitrogen and oxygen atoms in total. The van der Waals surface area contributed by atoms with Gasteiger partial charge in [-0.1, -0.05) is 12.1 Å². The van der Waals surface area contributed by atoms with Gasteiger partial charge in [0.05, 0.1) is 17.5 Å². The Morgan fingerprint density at radius 2 is 2.05 bits per heavy atom. The van der Waals surface area contributed by atoms with Crippen LogP contribution in [0.15, 0.2) is 29.1 Å². The van der Waals surface area contributed by atoms with Crippen LogP contribution in [0.2, 0.25) is 0 Å². The summed E-state index contributed by atoms with van der Waals surface area (Å²) in [6.07, 6.45) is 0. The molecule has 0 aliphatic heterocycles. The number of fused-ring (bicyclic) bond motifs is 2. The Kier molecular flexibility index (Phi) is 3.44. The first-order valence-corrected chi connectivity index (χ1v) is 7.15. The first kappa shape index (κ1) is 14.3. The number of hydrogen-bond acceptors (Lipinski definition) is 4. The fourth-order valence-electron chi connectivity index (χ4n) is 2.72. The number of aryl methyl sites for hydroxylation is 2. The third-order valence-electron chi connectivity index (χ3n) is 3.83. The molecule has 22 heavy (non-hydrogen) atoms. The third kappa shape index (κ3) is 2.07. The van der Waals surface area contributed by atoms with Crippen molar-refractivity contribution in [2.75, 3.05) is 6.61 Å². The number of rotatable bonds is 3. The molecule has 0 unspecified atom stereocenters. The van der Waals surface area contributed by atoms with Gasteiger partial charge in [0.2, 0.25) is 5.43 Å². The van der Waals surface area contributed by atoms with Gasteiger partial charge >= 0.3 is 5.97 Å². The zero-order valence-electron chi connectivity index (χ0n) is 12.8. The van der Waals surface area contributed by atoms with E-state index in [2.05, 4.69) is 5.10 Å². The van der Waals surface area contributed by atoms with Crippen molar-refractivity contribution in [1.82, 2.24) is 14.3 Å². The Balaban J connectivity index is 2.28. The van der Waals surface area contributed by atoms with Crippen LogP contribution in [-0.2, 0) is 23.1 Å². The van der Waals surface area contributed by atoms with Gasteiger partial charge in [-0.05, 0) is 26.0 Å². The van der Waals surface area contributed by atoms with Gasteiger partial charge in [-0.2, -0.15) is 5.10 Å². The van der Waals surface area contributed by atoms with E-state index in [4.69, 9.17) is 4.74 Å². The number of para-hydroxylation sites is 1. The average molecular weight is 299 g/mol. The van der Waals surface area contributed by atoms with Gasteiger partial charge in [-0.25, -0.2) is 0 Å². The van der Waals surface area contributed by atoms with Crippen LogP contribution in [-0.4, -0.2) is 26.9 Å². The lowest BCUT2D eigenvalue weighted by atomic mass is 10.1. The SMILES string of the molecule is CCOC(=O)Cn1nc2c(c1C)c(=O)c1ccccc1n2C. The van der Waals surface area contributed by atoms with Crippen LogP contribution in [0, 0.1) is 6.92 Å². The number of carbonyl (C=O) groups excluding carboxylic acids is 1. The minimum absolute atomic E-state index is 0.00411. The Morgan fingerprint density at radius 3 is 2.77 bits per heavy atom. The summed E-state index contributed by atoms with van der Waals surface area (Å²) in [5, 5.41) is 5.62. The molecule has 2 aromatic heterocycles. The lowest BCUT2D eigenvalue weighted by molar-refractivity contribution is -0.144. The van der Waals surface area contributed by atoms with Crippen molar-refractivity contribution >= 4 is 27.9 Å². The average Bonchev–Trinajstić information content (AvgIpc) is 2.82. The zero-order chi connectivity index (χ0) is 15.9. The molecule has 2 heterocycles. The monoisotopic (exact) mass is 299 g/mol. The maximum Gasteiger partial charge on any atom is 0.327 e. The van der Waals surface area contributed by atoms with E-state index in [0.29, 0.717) is 28.7 Å². The summed E-state index contributed by atoms with van der Waals surface area (Å²) < 4.78 is 8.36. The minimum atomic E-state index is -0.363. The number of benzene rings is 1. The normalized spacial score (nSPS) is 11.2. The smallest absolute Gasteiger partial charge is 0.327 e. The van der Waals surface area contributed by atoms with Crippen LogP contribution in [0.4, 0.5) is 0 Å². The lowest BCUT2D eigenvalue weighted by Gasteiger charge is -2.05.